The summed E-state index contributed by atoms with van der Waals surface area (Å²) in [5.41, 5.74) is 3.01. The van der Waals surface area contributed by atoms with E-state index in [-0.39, 0.29) is 11.3 Å². The third kappa shape index (κ3) is 0.991. The normalized spacial score (nSPS) is 34.8. The molecule has 0 aromatic heterocycles. The maximum atomic E-state index is 12.0. The number of carbonyl (C=O) groups is 1. The van der Waals surface area contributed by atoms with Gasteiger partial charge in [-0.15, -0.1) is 0 Å². The van der Waals surface area contributed by atoms with Crippen molar-refractivity contribution in [1.29, 1.82) is 0 Å². The summed E-state index contributed by atoms with van der Waals surface area (Å²) in [5, 5.41) is 0. The van der Waals surface area contributed by atoms with Crippen LogP contribution in [-0.4, -0.2) is 5.78 Å². The van der Waals surface area contributed by atoms with Crippen LogP contribution in [0.3, 0.4) is 0 Å². The molecule has 0 saturated heterocycles. The zero-order chi connectivity index (χ0) is 11.5. The molecule has 84 valence electrons. The Balaban J connectivity index is 2.16. The van der Waals surface area contributed by atoms with Crippen LogP contribution in [0.2, 0.25) is 0 Å². The highest BCUT2D eigenvalue weighted by Crippen LogP contribution is 2.75. The Kier molecular flexibility index (Phi) is 1.87. The lowest BCUT2D eigenvalue weighted by Crippen LogP contribution is -2.23. The zero-order valence-corrected chi connectivity index (χ0v) is 10.2. The molecule has 0 spiro atoms. The predicted molar refractivity (Wildman–Crippen MR) is 64.5 cm³/mol. The molecular formula is C15H18O. The van der Waals surface area contributed by atoms with Crippen LogP contribution in [0.15, 0.2) is 24.3 Å². The summed E-state index contributed by atoms with van der Waals surface area (Å²) >= 11 is 0. The van der Waals surface area contributed by atoms with E-state index in [4.69, 9.17) is 0 Å². The Morgan fingerprint density at radius 2 is 1.94 bits per heavy atom. The molecule has 1 heteroatoms. The first-order valence-electron chi connectivity index (χ1n) is 6.18. The zero-order valence-electron chi connectivity index (χ0n) is 10.2. The van der Waals surface area contributed by atoms with Gasteiger partial charge in [-0.1, -0.05) is 38.1 Å². The van der Waals surface area contributed by atoms with Gasteiger partial charge in [-0.3, -0.25) is 4.79 Å². The summed E-state index contributed by atoms with van der Waals surface area (Å²) in [6.45, 7) is 6.29. The molecule has 16 heavy (non-hydrogen) atoms. The van der Waals surface area contributed by atoms with E-state index < -0.39 is 0 Å². The summed E-state index contributed by atoms with van der Waals surface area (Å²) < 4.78 is 0. The lowest BCUT2D eigenvalue weighted by atomic mass is 9.77. The first kappa shape index (κ1) is 10.1. The van der Waals surface area contributed by atoms with Crippen molar-refractivity contribution in [2.75, 3.05) is 0 Å². The maximum Gasteiger partial charge on any atom is 0.137 e. The first-order valence-corrected chi connectivity index (χ1v) is 6.18. The summed E-state index contributed by atoms with van der Waals surface area (Å²) in [6.07, 6.45) is 1.21. The van der Waals surface area contributed by atoms with Crippen LogP contribution in [0.25, 0.3) is 0 Å². The molecule has 1 nitrogen and oxygen atoms in total. The number of hydrogen-bond acceptors (Lipinski definition) is 1. The van der Waals surface area contributed by atoms with Crippen molar-refractivity contribution in [3.63, 3.8) is 0 Å². The quantitative estimate of drug-likeness (QED) is 0.736. The number of carbonyl (C=O) groups excluding carboxylic acids is 1. The number of fused-ring (bicyclic) bond motifs is 3. The number of hydrogen-bond donors (Lipinski definition) is 0. The van der Waals surface area contributed by atoms with Gasteiger partial charge in [0.05, 0.1) is 0 Å². The molecule has 2 aliphatic carbocycles. The van der Waals surface area contributed by atoms with E-state index in [0.29, 0.717) is 17.6 Å². The average molecular weight is 214 g/mol. The van der Waals surface area contributed by atoms with Crippen LogP contribution < -0.4 is 0 Å². The van der Waals surface area contributed by atoms with Gasteiger partial charge >= 0.3 is 0 Å². The van der Waals surface area contributed by atoms with Crippen molar-refractivity contribution in [3.05, 3.63) is 35.4 Å². The van der Waals surface area contributed by atoms with Gasteiger partial charge < -0.3 is 0 Å². The maximum absolute atomic E-state index is 12.0. The van der Waals surface area contributed by atoms with Gasteiger partial charge in [-0.05, 0) is 41.7 Å². The van der Waals surface area contributed by atoms with Crippen LogP contribution in [0.5, 0.6) is 0 Å². The monoisotopic (exact) mass is 214 g/mol. The van der Waals surface area contributed by atoms with Crippen LogP contribution in [0.1, 0.15) is 50.2 Å². The Morgan fingerprint density at radius 1 is 1.31 bits per heavy atom. The van der Waals surface area contributed by atoms with E-state index in [0.717, 1.165) is 0 Å². The molecule has 1 unspecified atom stereocenters. The second-order valence-corrected chi connectivity index (χ2v) is 5.70. The number of rotatable bonds is 2. The number of benzene rings is 1. The highest BCUT2D eigenvalue weighted by atomic mass is 16.1. The molecule has 0 aliphatic heterocycles. The lowest BCUT2D eigenvalue weighted by molar-refractivity contribution is -0.120. The Bertz CT molecular complexity index is 460. The molecule has 0 radical (unpaired) electrons. The molecule has 0 heterocycles. The number of ketones is 1. The Morgan fingerprint density at radius 3 is 2.50 bits per heavy atom. The summed E-state index contributed by atoms with van der Waals surface area (Å²) in [7, 11) is 0. The second-order valence-electron chi connectivity index (χ2n) is 5.70. The molecule has 3 rings (SSSR count). The summed E-state index contributed by atoms with van der Waals surface area (Å²) in [4.78, 5) is 12.0. The largest absolute Gasteiger partial charge is 0.299 e. The van der Waals surface area contributed by atoms with Crippen molar-refractivity contribution in [3.8, 4) is 0 Å². The van der Waals surface area contributed by atoms with E-state index in [2.05, 4.69) is 38.1 Å². The summed E-state index contributed by atoms with van der Waals surface area (Å²) in [5.74, 6) is 1.76. The predicted octanol–water partition coefficient (Wildman–Crippen LogP) is 3.50. The fourth-order valence-electron chi connectivity index (χ4n) is 3.96. The number of Topliss-reactive ketones (excluding diaryl/α,β-unsaturated/α-hetero) is 1. The van der Waals surface area contributed by atoms with E-state index in [1.54, 1.807) is 6.92 Å². The molecule has 1 aromatic rings. The SMILES string of the molecule is CC(=O)[C@@H]1c2ccccc2C2C[C@@]21C(C)C. The molecule has 1 fully saturated rings. The van der Waals surface area contributed by atoms with Crippen molar-refractivity contribution < 1.29 is 4.79 Å². The van der Waals surface area contributed by atoms with Gasteiger partial charge in [0.1, 0.15) is 5.78 Å². The molecule has 2 aliphatic rings. The second kappa shape index (κ2) is 2.97. The Labute approximate surface area is 96.9 Å². The van der Waals surface area contributed by atoms with Crippen LogP contribution in [0, 0.1) is 11.3 Å². The van der Waals surface area contributed by atoms with Crippen molar-refractivity contribution in [2.45, 2.75) is 39.0 Å². The molecule has 1 aromatic carbocycles. The van der Waals surface area contributed by atoms with Gasteiger partial charge in [-0.25, -0.2) is 0 Å². The molecule has 3 atom stereocenters. The summed E-state index contributed by atoms with van der Waals surface area (Å²) in [6, 6.07) is 8.53. The van der Waals surface area contributed by atoms with E-state index >= 15 is 0 Å². The van der Waals surface area contributed by atoms with Crippen LogP contribution in [0.4, 0.5) is 0 Å². The van der Waals surface area contributed by atoms with Gasteiger partial charge in [0.2, 0.25) is 0 Å². The molecule has 1 saturated carbocycles. The van der Waals surface area contributed by atoms with E-state index in [9.17, 15) is 4.79 Å². The van der Waals surface area contributed by atoms with E-state index in [1.165, 1.54) is 17.5 Å². The van der Waals surface area contributed by atoms with Crippen LogP contribution in [-0.2, 0) is 4.79 Å². The fourth-order valence-corrected chi connectivity index (χ4v) is 3.96. The van der Waals surface area contributed by atoms with Gasteiger partial charge in [0, 0.05) is 5.92 Å². The lowest BCUT2D eigenvalue weighted by Gasteiger charge is -2.25. The van der Waals surface area contributed by atoms with Crippen molar-refractivity contribution in [2.24, 2.45) is 11.3 Å². The topological polar surface area (TPSA) is 17.1 Å². The van der Waals surface area contributed by atoms with Gasteiger partial charge in [0.25, 0.3) is 0 Å². The average Bonchev–Trinajstić information content (AvgIpc) is 2.90. The van der Waals surface area contributed by atoms with Crippen molar-refractivity contribution >= 4 is 5.78 Å². The minimum absolute atomic E-state index is 0.161. The molecular weight excluding hydrogens is 196 g/mol. The molecule has 0 bridgehead atoms. The third-order valence-electron chi connectivity index (χ3n) is 4.75. The smallest absolute Gasteiger partial charge is 0.137 e. The van der Waals surface area contributed by atoms with E-state index in [1.807, 2.05) is 0 Å². The minimum Gasteiger partial charge on any atom is -0.299 e. The molecule has 0 amide bonds. The fraction of sp³-hybridized carbons (Fsp3) is 0.533. The highest BCUT2D eigenvalue weighted by Gasteiger charge is 2.67. The third-order valence-corrected chi connectivity index (χ3v) is 4.75. The van der Waals surface area contributed by atoms with Crippen molar-refractivity contribution in [1.82, 2.24) is 0 Å². The Hall–Kier alpha value is -1.11. The minimum atomic E-state index is 0.161. The highest BCUT2D eigenvalue weighted by molar-refractivity contribution is 5.87. The van der Waals surface area contributed by atoms with Gasteiger partial charge in [-0.2, -0.15) is 0 Å². The first-order chi connectivity index (χ1) is 7.59. The van der Waals surface area contributed by atoms with Gasteiger partial charge in [0.15, 0.2) is 0 Å². The standard InChI is InChI=1S/C15H18O/c1-9(2)15-8-13(15)11-6-4-5-7-12(11)14(15)10(3)16/h4-7,9,13-14H,8H2,1-3H3/t13?,14-,15-/m1/s1. The molecule has 0 N–H and O–H groups in total. The van der Waals surface area contributed by atoms with Crippen LogP contribution >= 0.6 is 0 Å².